The number of nitrogens with zero attached hydrogens (tertiary/aromatic N) is 1. The van der Waals surface area contributed by atoms with Gasteiger partial charge in [0.2, 0.25) is 0 Å². The molecule has 0 heterocycles. The molecule has 0 aliphatic carbocycles. The maximum absolute atomic E-state index is 11.5. The average molecular weight is 278 g/mol. The van der Waals surface area contributed by atoms with Crippen LogP contribution in [0.4, 0.5) is 0 Å². The lowest BCUT2D eigenvalue weighted by molar-refractivity contribution is -0.123. The van der Waals surface area contributed by atoms with Gasteiger partial charge in [0.25, 0.3) is 5.91 Å². The van der Waals surface area contributed by atoms with Crippen molar-refractivity contribution in [3.05, 3.63) is 29.8 Å². The Hall–Kier alpha value is -1.67. The van der Waals surface area contributed by atoms with E-state index in [1.165, 1.54) is 0 Å². The molecule has 0 saturated heterocycles. The largest absolute Gasteiger partial charge is 0.484 e. The molecule has 0 spiro atoms. The fourth-order valence-electron chi connectivity index (χ4n) is 1.42. The Morgan fingerprint density at radius 3 is 2.74 bits per heavy atom. The molecule has 19 heavy (non-hydrogen) atoms. The van der Waals surface area contributed by atoms with Gasteiger partial charge in [-0.25, -0.2) is 0 Å². The minimum Gasteiger partial charge on any atom is -0.484 e. The van der Waals surface area contributed by atoms with Crippen LogP contribution in [0.2, 0.25) is 0 Å². The number of ether oxygens (including phenoxy) is 1. The minimum absolute atomic E-state index is 0.00836. The van der Waals surface area contributed by atoms with E-state index in [4.69, 9.17) is 10.00 Å². The topological polar surface area (TPSA) is 62.1 Å². The second kappa shape index (κ2) is 9.29. The Balaban J connectivity index is 2.17. The van der Waals surface area contributed by atoms with Gasteiger partial charge in [-0.2, -0.15) is 17.0 Å². The first-order valence-electron chi connectivity index (χ1n) is 6.15. The molecule has 1 aromatic carbocycles. The van der Waals surface area contributed by atoms with Gasteiger partial charge >= 0.3 is 0 Å². The molecular weight excluding hydrogens is 260 g/mol. The van der Waals surface area contributed by atoms with Gasteiger partial charge in [0, 0.05) is 6.54 Å². The summed E-state index contributed by atoms with van der Waals surface area (Å²) in [4.78, 5) is 11.5. The Morgan fingerprint density at radius 2 is 2.11 bits per heavy atom. The Labute approximate surface area is 118 Å². The molecule has 0 aliphatic heterocycles. The first kappa shape index (κ1) is 15.4. The predicted octanol–water partition coefficient (Wildman–Crippen LogP) is 2.20. The quantitative estimate of drug-likeness (QED) is 0.740. The van der Waals surface area contributed by atoms with Crippen LogP contribution < -0.4 is 10.1 Å². The van der Waals surface area contributed by atoms with Gasteiger partial charge in [-0.1, -0.05) is 0 Å². The van der Waals surface area contributed by atoms with Crippen molar-refractivity contribution in [1.82, 2.24) is 5.32 Å². The van der Waals surface area contributed by atoms with Crippen LogP contribution in [0.1, 0.15) is 18.4 Å². The third kappa shape index (κ3) is 6.73. The summed E-state index contributed by atoms with van der Waals surface area (Å²) in [5, 5.41) is 11.5. The maximum Gasteiger partial charge on any atom is 0.257 e. The first-order chi connectivity index (χ1) is 9.26. The molecule has 5 heteroatoms. The summed E-state index contributed by atoms with van der Waals surface area (Å²) >= 11 is 1.81. The van der Waals surface area contributed by atoms with Crippen molar-refractivity contribution in [2.45, 2.75) is 12.8 Å². The molecule has 0 aromatic heterocycles. The third-order valence-electron chi connectivity index (χ3n) is 2.45. The van der Waals surface area contributed by atoms with E-state index >= 15 is 0 Å². The van der Waals surface area contributed by atoms with Gasteiger partial charge in [0.1, 0.15) is 5.75 Å². The zero-order valence-corrected chi connectivity index (χ0v) is 11.8. The van der Waals surface area contributed by atoms with Crippen molar-refractivity contribution in [2.75, 3.05) is 25.2 Å². The van der Waals surface area contributed by atoms with Crippen LogP contribution in [0, 0.1) is 11.3 Å². The minimum atomic E-state index is -0.117. The third-order valence-corrected chi connectivity index (χ3v) is 3.15. The monoisotopic (exact) mass is 278 g/mol. The summed E-state index contributed by atoms with van der Waals surface area (Å²) in [7, 11) is 0. The van der Waals surface area contributed by atoms with Crippen LogP contribution in [0.15, 0.2) is 24.3 Å². The summed E-state index contributed by atoms with van der Waals surface area (Å²) in [5.74, 6) is 1.60. The maximum atomic E-state index is 11.5. The zero-order chi connectivity index (χ0) is 13.9. The zero-order valence-electron chi connectivity index (χ0n) is 11.0. The lowest BCUT2D eigenvalue weighted by Gasteiger charge is -2.07. The van der Waals surface area contributed by atoms with Crippen molar-refractivity contribution < 1.29 is 9.53 Å². The molecule has 0 aliphatic rings. The van der Waals surface area contributed by atoms with Gasteiger partial charge in [0.15, 0.2) is 6.61 Å². The molecule has 1 N–H and O–H groups in total. The van der Waals surface area contributed by atoms with Gasteiger partial charge in [-0.15, -0.1) is 0 Å². The second-order valence-corrected chi connectivity index (χ2v) is 4.96. The number of rotatable bonds is 8. The molecule has 102 valence electrons. The van der Waals surface area contributed by atoms with E-state index in [0.29, 0.717) is 17.9 Å². The van der Waals surface area contributed by atoms with Crippen molar-refractivity contribution >= 4 is 17.7 Å². The van der Waals surface area contributed by atoms with E-state index in [-0.39, 0.29) is 12.5 Å². The summed E-state index contributed by atoms with van der Waals surface area (Å²) in [5.41, 5.74) is 0.575. The fraction of sp³-hybridized carbons (Fsp3) is 0.429. The van der Waals surface area contributed by atoms with Crippen molar-refractivity contribution in [1.29, 1.82) is 5.26 Å². The SMILES string of the molecule is CSCCCCNC(=O)COc1ccc(C#N)cc1. The predicted molar refractivity (Wildman–Crippen MR) is 77.3 cm³/mol. The lowest BCUT2D eigenvalue weighted by Crippen LogP contribution is -2.29. The molecule has 0 atom stereocenters. The molecule has 0 saturated carbocycles. The van der Waals surface area contributed by atoms with Crippen molar-refractivity contribution in [3.8, 4) is 11.8 Å². The van der Waals surface area contributed by atoms with Crippen LogP contribution in [0.5, 0.6) is 5.75 Å². The van der Waals surface area contributed by atoms with Crippen LogP contribution in [0.3, 0.4) is 0 Å². The Kier molecular flexibility index (Phi) is 7.52. The summed E-state index contributed by atoms with van der Waals surface area (Å²) in [6.45, 7) is 0.699. The van der Waals surface area contributed by atoms with Crippen LogP contribution in [0.25, 0.3) is 0 Å². The van der Waals surface area contributed by atoms with Gasteiger partial charge in [-0.3, -0.25) is 4.79 Å². The van der Waals surface area contributed by atoms with E-state index in [1.807, 2.05) is 17.8 Å². The van der Waals surface area contributed by atoms with E-state index in [2.05, 4.69) is 11.6 Å². The molecule has 1 aromatic rings. The number of carbonyl (C=O) groups is 1. The van der Waals surface area contributed by atoms with E-state index in [0.717, 1.165) is 18.6 Å². The molecule has 4 nitrogen and oxygen atoms in total. The number of benzene rings is 1. The molecule has 0 fully saturated rings. The molecule has 0 unspecified atom stereocenters. The van der Waals surface area contributed by atoms with E-state index in [9.17, 15) is 4.79 Å². The van der Waals surface area contributed by atoms with Crippen LogP contribution >= 0.6 is 11.8 Å². The van der Waals surface area contributed by atoms with Gasteiger partial charge in [0.05, 0.1) is 11.6 Å². The molecule has 0 bridgehead atoms. The number of amides is 1. The molecule has 1 rings (SSSR count). The number of nitriles is 1. The number of carbonyl (C=O) groups excluding carboxylic acids is 1. The average Bonchev–Trinajstić information content (AvgIpc) is 2.45. The second-order valence-electron chi connectivity index (χ2n) is 3.97. The highest BCUT2D eigenvalue weighted by Gasteiger charge is 2.02. The van der Waals surface area contributed by atoms with Crippen LogP contribution in [-0.2, 0) is 4.79 Å². The summed E-state index contributed by atoms with van der Waals surface area (Å²) in [6.07, 6.45) is 4.17. The summed E-state index contributed by atoms with van der Waals surface area (Å²) in [6, 6.07) is 8.72. The van der Waals surface area contributed by atoms with Gasteiger partial charge < -0.3 is 10.1 Å². The highest BCUT2D eigenvalue weighted by atomic mass is 32.2. The van der Waals surface area contributed by atoms with E-state index in [1.54, 1.807) is 24.3 Å². The fourth-order valence-corrected chi connectivity index (χ4v) is 1.92. The summed E-state index contributed by atoms with van der Waals surface area (Å²) < 4.78 is 5.32. The molecule has 0 radical (unpaired) electrons. The number of hydrogen-bond acceptors (Lipinski definition) is 4. The molecule has 1 amide bonds. The highest BCUT2D eigenvalue weighted by molar-refractivity contribution is 7.98. The standard InChI is InChI=1S/C14H18N2O2S/c1-19-9-3-2-8-16-14(17)11-18-13-6-4-12(10-15)5-7-13/h4-7H,2-3,8-9,11H2,1H3,(H,16,17). The number of nitrogens with one attached hydrogen (secondary N) is 1. The lowest BCUT2D eigenvalue weighted by atomic mass is 10.2. The Bertz CT molecular complexity index is 426. The number of hydrogen-bond donors (Lipinski definition) is 1. The molecular formula is C14H18N2O2S. The van der Waals surface area contributed by atoms with Crippen molar-refractivity contribution in [2.24, 2.45) is 0 Å². The Morgan fingerprint density at radius 1 is 1.37 bits per heavy atom. The number of thioether (sulfide) groups is 1. The van der Waals surface area contributed by atoms with Gasteiger partial charge in [-0.05, 0) is 49.1 Å². The first-order valence-corrected chi connectivity index (χ1v) is 7.54. The van der Waals surface area contributed by atoms with E-state index < -0.39 is 0 Å². The normalized spacial score (nSPS) is 9.68. The number of unbranched alkanes of at least 4 members (excludes halogenated alkanes) is 1. The smallest absolute Gasteiger partial charge is 0.257 e. The highest BCUT2D eigenvalue weighted by Crippen LogP contribution is 2.11. The van der Waals surface area contributed by atoms with Crippen LogP contribution in [-0.4, -0.2) is 31.1 Å². The van der Waals surface area contributed by atoms with Crippen molar-refractivity contribution in [3.63, 3.8) is 0 Å².